The molecular weight excluding hydrogens is 336 g/mol. The van der Waals surface area contributed by atoms with Crippen molar-refractivity contribution in [1.82, 2.24) is 4.90 Å². The van der Waals surface area contributed by atoms with Crippen LogP contribution in [0.2, 0.25) is 0 Å². The molecule has 1 aliphatic heterocycles. The molecule has 1 saturated carbocycles. The Morgan fingerprint density at radius 1 is 1.04 bits per heavy atom. The van der Waals surface area contributed by atoms with Crippen LogP contribution in [0.25, 0.3) is 0 Å². The fourth-order valence-corrected chi connectivity index (χ4v) is 4.68. The van der Waals surface area contributed by atoms with Crippen LogP contribution in [-0.4, -0.2) is 49.7 Å². The minimum atomic E-state index is 0.571. The summed E-state index contributed by atoms with van der Waals surface area (Å²) in [5.74, 6) is 3.27. The van der Waals surface area contributed by atoms with Crippen LogP contribution >= 0.6 is 11.8 Å². The molecule has 0 amide bonds. The third-order valence-electron chi connectivity index (χ3n) is 4.92. The SMILES string of the molecule is COc1ccc(CN(C2=NCCCS2)C2CCCC2)c(OC)c1OC. The molecule has 1 aliphatic carbocycles. The molecule has 138 valence electrons. The van der Waals surface area contributed by atoms with E-state index < -0.39 is 0 Å². The highest BCUT2D eigenvalue weighted by atomic mass is 32.2. The van der Waals surface area contributed by atoms with Crippen molar-refractivity contribution in [2.24, 2.45) is 4.99 Å². The predicted octanol–water partition coefficient (Wildman–Crippen LogP) is 3.95. The standard InChI is InChI=1S/C19H28N2O3S/c1-22-16-10-9-14(17(23-2)18(16)24-3)13-21(15-7-4-5-8-15)19-20-11-6-12-25-19/h9-10,15H,4-8,11-13H2,1-3H3. The summed E-state index contributed by atoms with van der Waals surface area (Å²) in [6.45, 7) is 1.73. The van der Waals surface area contributed by atoms with E-state index in [0.717, 1.165) is 30.2 Å². The Bertz CT molecular complexity index is 615. The van der Waals surface area contributed by atoms with Gasteiger partial charge in [-0.15, -0.1) is 0 Å². The van der Waals surface area contributed by atoms with Crippen molar-refractivity contribution in [2.75, 3.05) is 33.6 Å². The zero-order chi connectivity index (χ0) is 17.6. The van der Waals surface area contributed by atoms with Crippen LogP contribution in [0.3, 0.4) is 0 Å². The first-order valence-corrected chi connectivity index (χ1v) is 9.98. The number of benzene rings is 1. The molecule has 3 rings (SSSR count). The minimum absolute atomic E-state index is 0.571. The minimum Gasteiger partial charge on any atom is -0.493 e. The molecule has 0 spiro atoms. The summed E-state index contributed by atoms with van der Waals surface area (Å²) < 4.78 is 16.6. The third kappa shape index (κ3) is 4.00. The van der Waals surface area contributed by atoms with Gasteiger partial charge in [-0.1, -0.05) is 24.6 Å². The number of aliphatic imine (C=N–C) groups is 1. The largest absolute Gasteiger partial charge is 0.493 e. The first-order valence-electron chi connectivity index (χ1n) is 9.00. The van der Waals surface area contributed by atoms with Crippen molar-refractivity contribution in [3.05, 3.63) is 17.7 Å². The van der Waals surface area contributed by atoms with Gasteiger partial charge in [-0.25, -0.2) is 0 Å². The van der Waals surface area contributed by atoms with Crippen LogP contribution in [0.5, 0.6) is 17.2 Å². The van der Waals surface area contributed by atoms with Gasteiger partial charge in [0.15, 0.2) is 16.7 Å². The van der Waals surface area contributed by atoms with Crippen molar-refractivity contribution in [3.8, 4) is 17.2 Å². The molecule has 1 aromatic rings. The Labute approximate surface area is 154 Å². The van der Waals surface area contributed by atoms with Gasteiger partial charge in [-0.3, -0.25) is 4.99 Å². The topological polar surface area (TPSA) is 43.3 Å². The second-order valence-electron chi connectivity index (χ2n) is 6.43. The molecule has 0 radical (unpaired) electrons. The molecular formula is C19H28N2O3S. The van der Waals surface area contributed by atoms with E-state index in [-0.39, 0.29) is 0 Å². The van der Waals surface area contributed by atoms with Crippen molar-refractivity contribution < 1.29 is 14.2 Å². The van der Waals surface area contributed by atoms with Gasteiger partial charge in [-0.2, -0.15) is 0 Å². The van der Waals surface area contributed by atoms with E-state index in [1.807, 2.05) is 17.8 Å². The van der Waals surface area contributed by atoms with Gasteiger partial charge in [0.2, 0.25) is 5.75 Å². The number of nitrogens with zero attached hydrogens (tertiary/aromatic N) is 2. The van der Waals surface area contributed by atoms with Gasteiger partial charge in [0.25, 0.3) is 0 Å². The van der Waals surface area contributed by atoms with Crippen molar-refractivity contribution in [3.63, 3.8) is 0 Å². The van der Waals surface area contributed by atoms with E-state index in [4.69, 9.17) is 19.2 Å². The maximum atomic E-state index is 5.68. The van der Waals surface area contributed by atoms with Crippen molar-refractivity contribution in [2.45, 2.75) is 44.7 Å². The van der Waals surface area contributed by atoms with E-state index >= 15 is 0 Å². The highest BCUT2D eigenvalue weighted by Crippen LogP contribution is 2.41. The highest BCUT2D eigenvalue weighted by Gasteiger charge is 2.28. The average molecular weight is 365 g/mol. The Morgan fingerprint density at radius 2 is 1.80 bits per heavy atom. The molecule has 0 saturated heterocycles. The normalized spacial score (nSPS) is 18.0. The van der Waals surface area contributed by atoms with E-state index in [1.54, 1.807) is 21.3 Å². The quantitative estimate of drug-likeness (QED) is 0.765. The Balaban J connectivity index is 1.92. The van der Waals surface area contributed by atoms with Gasteiger partial charge in [-0.05, 0) is 31.4 Å². The Morgan fingerprint density at radius 3 is 2.40 bits per heavy atom. The van der Waals surface area contributed by atoms with Crippen LogP contribution in [0, 0.1) is 0 Å². The number of hydrogen-bond donors (Lipinski definition) is 0. The van der Waals surface area contributed by atoms with Crippen molar-refractivity contribution in [1.29, 1.82) is 0 Å². The monoisotopic (exact) mass is 364 g/mol. The molecule has 5 nitrogen and oxygen atoms in total. The molecule has 2 aliphatic rings. The zero-order valence-corrected chi connectivity index (χ0v) is 16.2. The number of ether oxygens (including phenoxy) is 3. The first kappa shape index (κ1) is 18.2. The highest BCUT2D eigenvalue weighted by molar-refractivity contribution is 8.13. The predicted molar refractivity (Wildman–Crippen MR) is 103 cm³/mol. The maximum Gasteiger partial charge on any atom is 0.203 e. The number of hydrogen-bond acceptors (Lipinski definition) is 6. The number of rotatable bonds is 6. The number of amidine groups is 1. The van der Waals surface area contributed by atoms with Gasteiger partial charge in [0.05, 0.1) is 21.3 Å². The van der Waals surface area contributed by atoms with Crippen LogP contribution in [0.15, 0.2) is 17.1 Å². The van der Waals surface area contributed by atoms with Gasteiger partial charge < -0.3 is 19.1 Å². The van der Waals surface area contributed by atoms with Crippen molar-refractivity contribution >= 4 is 16.9 Å². The van der Waals surface area contributed by atoms with Crippen LogP contribution in [-0.2, 0) is 6.54 Å². The molecule has 0 bridgehead atoms. The van der Waals surface area contributed by atoms with Crippen LogP contribution in [0.4, 0.5) is 0 Å². The molecule has 0 N–H and O–H groups in total. The summed E-state index contributed by atoms with van der Waals surface area (Å²) in [5, 5.41) is 1.19. The second kappa shape index (κ2) is 8.70. The fourth-order valence-electron chi connectivity index (χ4n) is 3.66. The third-order valence-corrected chi connectivity index (χ3v) is 6.03. The van der Waals surface area contributed by atoms with Gasteiger partial charge in [0.1, 0.15) is 0 Å². The van der Waals surface area contributed by atoms with Gasteiger partial charge in [0, 0.05) is 30.4 Å². The average Bonchev–Trinajstić information content (AvgIpc) is 3.20. The Hall–Kier alpha value is -1.56. The zero-order valence-electron chi connectivity index (χ0n) is 15.4. The lowest BCUT2D eigenvalue weighted by Gasteiger charge is -2.33. The summed E-state index contributed by atoms with van der Waals surface area (Å²) in [4.78, 5) is 7.30. The molecule has 0 aromatic heterocycles. The second-order valence-corrected chi connectivity index (χ2v) is 7.49. The molecule has 1 aromatic carbocycles. The lowest BCUT2D eigenvalue weighted by molar-refractivity contribution is 0.295. The first-order chi connectivity index (χ1) is 12.3. The van der Waals surface area contributed by atoms with E-state index in [2.05, 4.69) is 11.0 Å². The van der Waals surface area contributed by atoms with E-state index in [9.17, 15) is 0 Å². The van der Waals surface area contributed by atoms with E-state index in [1.165, 1.54) is 37.3 Å². The summed E-state index contributed by atoms with van der Waals surface area (Å²) in [6.07, 6.45) is 6.28. The van der Waals surface area contributed by atoms with Gasteiger partial charge >= 0.3 is 0 Å². The lowest BCUT2D eigenvalue weighted by atomic mass is 10.1. The summed E-state index contributed by atoms with van der Waals surface area (Å²) >= 11 is 1.89. The summed E-state index contributed by atoms with van der Waals surface area (Å²) in [5.41, 5.74) is 1.11. The molecule has 0 atom stereocenters. The summed E-state index contributed by atoms with van der Waals surface area (Å²) in [7, 11) is 4.99. The number of methoxy groups -OCH3 is 3. The smallest absolute Gasteiger partial charge is 0.203 e. The number of thioether (sulfide) groups is 1. The van der Waals surface area contributed by atoms with E-state index in [0.29, 0.717) is 17.5 Å². The maximum absolute atomic E-state index is 5.68. The van der Waals surface area contributed by atoms with Crippen LogP contribution < -0.4 is 14.2 Å². The Kier molecular flexibility index (Phi) is 6.34. The fraction of sp³-hybridized carbons (Fsp3) is 0.632. The van der Waals surface area contributed by atoms with Crippen LogP contribution in [0.1, 0.15) is 37.7 Å². The summed E-state index contributed by atoms with van der Waals surface area (Å²) in [6, 6.07) is 4.61. The lowest BCUT2D eigenvalue weighted by Crippen LogP contribution is -2.38. The molecule has 25 heavy (non-hydrogen) atoms. The molecule has 0 unspecified atom stereocenters. The molecule has 1 fully saturated rings. The molecule has 6 heteroatoms. The molecule has 1 heterocycles.